The summed E-state index contributed by atoms with van der Waals surface area (Å²) in [6, 6.07) is 2.08. The van der Waals surface area contributed by atoms with Gasteiger partial charge in [0.1, 0.15) is 0 Å². The molecule has 194 valence electrons. The van der Waals surface area contributed by atoms with Crippen LogP contribution in [0.1, 0.15) is 33.9 Å². The predicted octanol–water partition coefficient (Wildman–Crippen LogP) is 1.67. The molecule has 0 radical (unpaired) electrons. The number of morpholine rings is 1. The third-order valence-electron chi connectivity index (χ3n) is 6.00. The molecule has 14 heteroatoms. The molecule has 3 N–H and O–H groups in total. The molecule has 0 unspecified atom stereocenters. The van der Waals surface area contributed by atoms with Crippen LogP contribution >= 0.6 is 11.3 Å². The molecule has 1 saturated heterocycles. The van der Waals surface area contributed by atoms with Crippen LogP contribution in [0, 0.1) is 0 Å². The summed E-state index contributed by atoms with van der Waals surface area (Å²) in [5.41, 5.74) is 4.15. The lowest BCUT2D eigenvalue weighted by molar-refractivity contribution is 0.0309. The first-order valence-corrected chi connectivity index (χ1v) is 12.5. The second kappa shape index (κ2) is 11.1. The van der Waals surface area contributed by atoms with Crippen molar-refractivity contribution in [1.82, 2.24) is 25.4 Å². The summed E-state index contributed by atoms with van der Waals surface area (Å²) in [6.07, 6.45) is 6.12. The zero-order chi connectivity index (χ0) is 25.8. The molecule has 0 spiro atoms. The summed E-state index contributed by atoms with van der Waals surface area (Å²) in [4.78, 5) is 44.1. The fraction of sp³-hybridized carbons (Fsp3) is 0.391. The van der Waals surface area contributed by atoms with Crippen LogP contribution in [0.3, 0.4) is 0 Å². The van der Waals surface area contributed by atoms with Crippen molar-refractivity contribution in [2.75, 3.05) is 50.3 Å². The highest BCUT2D eigenvalue weighted by Gasteiger charge is 2.22. The molecule has 13 nitrogen and oxygen atoms in total. The fourth-order valence-corrected chi connectivity index (χ4v) is 5.24. The number of nitrogens with two attached hydrogens (primary N) is 1. The van der Waals surface area contributed by atoms with Gasteiger partial charge in [-0.1, -0.05) is 0 Å². The van der Waals surface area contributed by atoms with Crippen molar-refractivity contribution >= 4 is 50.7 Å². The van der Waals surface area contributed by atoms with Crippen LogP contribution in [0.15, 0.2) is 29.7 Å². The van der Waals surface area contributed by atoms with Gasteiger partial charge < -0.3 is 19.3 Å². The fourth-order valence-electron chi connectivity index (χ4n) is 4.07. The molecule has 0 saturated carbocycles. The molecule has 5 rings (SSSR count). The minimum Gasteiger partial charge on any atom is -0.484 e. The average Bonchev–Trinajstić information content (AvgIpc) is 3.35. The zero-order valence-electron chi connectivity index (χ0n) is 20.5. The number of rotatable bonds is 7. The number of ether oxygens (including phenoxy) is 2. The number of carbonyl (C=O) groups excluding carboxylic acids is 1. The lowest BCUT2D eigenvalue weighted by Crippen LogP contribution is -2.37. The molecule has 3 aromatic heterocycles. The first-order chi connectivity index (χ1) is 18.1. The standard InChI is InChI=1S/C23H27N9O4S/c1-31(23-26-11-15(12-27-23)22(33)30-36-24)13-16-9-17-19(37-16)21(32-5-7-35-8-6-32)29-20(28-17)14-3-4-18(34-2)25-10-14/h9-12H,3-8,13,24H2,1-2H3,(H,30,33). The molecule has 0 aliphatic carbocycles. The van der Waals surface area contributed by atoms with Gasteiger partial charge in [0.2, 0.25) is 5.95 Å². The SMILES string of the molecule is COC1=NC=C(c2nc(N3CCOCC3)c3sc(CN(C)c4ncc(C(=O)NON)cn4)cc3n2)CC1. The van der Waals surface area contributed by atoms with Crippen molar-refractivity contribution in [3.63, 3.8) is 0 Å². The van der Waals surface area contributed by atoms with Crippen LogP contribution in [0.2, 0.25) is 0 Å². The monoisotopic (exact) mass is 525 g/mol. The molecule has 37 heavy (non-hydrogen) atoms. The Balaban J connectivity index is 1.43. The largest absolute Gasteiger partial charge is 0.484 e. The van der Waals surface area contributed by atoms with E-state index in [9.17, 15) is 4.79 Å². The lowest BCUT2D eigenvalue weighted by atomic mass is 10.1. The van der Waals surface area contributed by atoms with Crippen molar-refractivity contribution in [1.29, 1.82) is 0 Å². The Morgan fingerprint density at radius 1 is 1.24 bits per heavy atom. The third kappa shape index (κ3) is 5.51. The number of nitrogens with one attached hydrogen (secondary N) is 1. The van der Waals surface area contributed by atoms with Gasteiger partial charge in [0, 0.05) is 55.6 Å². The molecule has 2 aliphatic rings. The maximum atomic E-state index is 11.8. The van der Waals surface area contributed by atoms with E-state index in [0.717, 1.165) is 52.4 Å². The number of hydrogen-bond acceptors (Lipinski definition) is 13. The van der Waals surface area contributed by atoms with Gasteiger partial charge in [-0.3, -0.25) is 4.79 Å². The molecular weight excluding hydrogens is 498 g/mol. The number of allylic oxidation sites excluding steroid dienone is 1. The first kappa shape index (κ1) is 25.0. The number of aromatic nitrogens is 4. The van der Waals surface area contributed by atoms with Crippen LogP contribution in [-0.4, -0.2) is 72.2 Å². The number of anilines is 2. The Hall–Kier alpha value is -3.72. The van der Waals surface area contributed by atoms with Crippen LogP contribution in [0.4, 0.5) is 11.8 Å². The summed E-state index contributed by atoms with van der Waals surface area (Å²) in [5, 5.41) is 0. The van der Waals surface area contributed by atoms with Crippen LogP contribution in [-0.2, 0) is 21.0 Å². The molecule has 1 fully saturated rings. The first-order valence-electron chi connectivity index (χ1n) is 11.7. The highest BCUT2D eigenvalue weighted by Crippen LogP contribution is 2.35. The molecule has 3 aromatic rings. The summed E-state index contributed by atoms with van der Waals surface area (Å²) in [6.45, 7) is 3.42. The van der Waals surface area contributed by atoms with Crippen LogP contribution < -0.4 is 21.2 Å². The number of thiophene rings is 1. The van der Waals surface area contributed by atoms with Gasteiger partial charge in [-0.25, -0.2) is 30.4 Å². The van der Waals surface area contributed by atoms with Gasteiger partial charge in [0.05, 0.1) is 42.6 Å². The van der Waals surface area contributed by atoms with Gasteiger partial charge in [-0.15, -0.1) is 11.3 Å². The summed E-state index contributed by atoms with van der Waals surface area (Å²) >= 11 is 1.65. The number of carbonyl (C=O) groups is 1. The summed E-state index contributed by atoms with van der Waals surface area (Å²) in [7, 11) is 3.52. The number of aliphatic imine (C=N–C) groups is 1. The topological polar surface area (TPSA) is 153 Å². The Morgan fingerprint density at radius 3 is 2.70 bits per heavy atom. The van der Waals surface area contributed by atoms with E-state index in [1.807, 2.05) is 17.4 Å². The summed E-state index contributed by atoms with van der Waals surface area (Å²) < 4.78 is 11.9. The molecule has 2 aliphatic heterocycles. The minimum atomic E-state index is -0.525. The van der Waals surface area contributed by atoms with Gasteiger partial charge in [-0.05, 0) is 12.5 Å². The predicted molar refractivity (Wildman–Crippen MR) is 139 cm³/mol. The van der Waals surface area contributed by atoms with Crippen molar-refractivity contribution < 1.29 is 19.2 Å². The van der Waals surface area contributed by atoms with Crippen molar-refractivity contribution in [3.8, 4) is 0 Å². The van der Waals surface area contributed by atoms with Gasteiger partial charge in [0.15, 0.2) is 17.5 Å². The maximum absolute atomic E-state index is 11.8. The van der Waals surface area contributed by atoms with Crippen molar-refractivity contribution in [2.45, 2.75) is 19.4 Å². The normalized spacial score (nSPS) is 15.8. The van der Waals surface area contributed by atoms with E-state index in [0.29, 0.717) is 37.4 Å². The smallest absolute Gasteiger partial charge is 0.279 e. The number of hydrogen-bond donors (Lipinski definition) is 2. The number of methoxy groups -OCH3 is 1. The lowest BCUT2D eigenvalue weighted by Gasteiger charge is -2.28. The van der Waals surface area contributed by atoms with Gasteiger partial charge in [0.25, 0.3) is 5.91 Å². The highest BCUT2D eigenvalue weighted by molar-refractivity contribution is 7.19. The van der Waals surface area contributed by atoms with E-state index in [1.165, 1.54) is 12.4 Å². The zero-order valence-corrected chi connectivity index (χ0v) is 21.3. The second-order valence-corrected chi connectivity index (χ2v) is 9.59. The number of amides is 1. The quantitative estimate of drug-likeness (QED) is 0.433. The molecular formula is C23H27N9O4S. The van der Waals surface area contributed by atoms with E-state index in [-0.39, 0.29) is 5.56 Å². The van der Waals surface area contributed by atoms with Crippen molar-refractivity contribution in [3.05, 3.63) is 40.9 Å². The van der Waals surface area contributed by atoms with Gasteiger partial charge in [-0.2, -0.15) is 10.8 Å². The highest BCUT2D eigenvalue weighted by atomic mass is 32.1. The van der Waals surface area contributed by atoms with E-state index in [2.05, 4.69) is 30.9 Å². The maximum Gasteiger partial charge on any atom is 0.279 e. The Bertz CT molecular complexity index is 1340. The molecule has 1 amide bonds. The Kier molecular flexibility index (Phi) is 7.50. The van der Waals surface area contributed by atoms with Crippen LogP contribution in [0.25, 0.3) is 15.8 Å². The van der Waals surface area contributed by atoms with Gasteiger partial charge >= 0.3 is 0 Å². The van der Waals surface area contributed by atoms with E-state index < -0.39 is 5.91 Å². The molecule has 5 heterocycles. The minimum absolute atomic E-state index is 0.237. The molecule has 0 aromatic carbocycles. The number of hydroxylamine groups is 1. The van der Waals surface area contributed by atoms with E-state index in [1.54, 1.807) is 24.6 Å². The Labute approximate surface area is 216 Å². The van der Waals surface area contributed by atoms with Crippen LogP contribution in [0.5, 0.6) is 0 Å². The number of fused-ring (bicyclic) bond motifs is 1. The average molecular weight is 526 g/mol. The molecule has 0 atom stereocenters. The molecule has 0 bridgehead atoms. The van der Waals surface area contributed by atoms with E-state index in [4.69, 9.17) is 25.3 Å². The Morgan fingerprint density at radius 2 is 2.03 bits per heavy atom. The number of nitrogens with zero attached hydrogens (tertiary/aromatic N) is 7. The van der Waals surface area contributed by atoms with Crippen molar-refractivity contribution in [2.24, 2.45) is 10.9 Å². The van der Waals surface area contributed by atoms with E-state index >= 15 is 0 Å². The summed E-state index contributed by atoms with van der Waals surface area (Å²) in [5.74, 6) is 7.13. The second-order valence-electron chi connectivity index (χ2n) is 8.46. The third-order valence-corrected chi connectivity index (χ3v) is 7.10.